The van der Waals surface area contributed by atoms with Gasteiger partial charge in [0.1, 0.15) is 0 Å². The summed E-state index contributed by atoms with van der Waals surface area (Å²) in [5.41, 5.74) is 1.04. The lowest BCUT2D eigenvalue weighted by atomic mass is 10.0. The first-order chi connectivity index (χ1) is 7.29. The highest BCUT2D eigenvalue weighted by Crippen LogP contribution is 2.24. The number of carbonyl (C=O) groups is 1. The molecule has 0 unspecified atom stereocenters. The lowest BCUT2D eigenvalue weighted by molar-refractivity contribution is -0.133. The summed E-state index contributed by atoms with van der Waals surface area (Å²) in [5.74, 6) is -0.476. The number of halogens is 4. The van der Waals surface area contributed by atoms with Gasteiger partial charge in [0.25, 0.3) is 0 Å². The topological polar surface area (TPSA) is 17.1 Å². The van der Waals surface area contributed by atoms with Gasteiger partial charge < -0.3 is 0 Å². The zero-order chi connectivity index (χ0) is 12.3. The maximum Gasteiger partial charge on any atom is 0.389 e. The van der Waals surface area contributed by atoms with Gasteiger partial charge in [0.05, 0.1) is 6.42 Å². The van der Waals surface area contributed by atoms with Gasteiger partial charge in [-0.3, -0.25) is 4.79 Å². The fourth-order valence-electron chi connectivity index (χ4n) is 1.28. The first-order valence-corrected chi connectivity index (χ1v) is 5.45. The van der Waals surface area contributed by atoms with Gasteiger partial charge in [-0.25, -0.2) is 0 Å². The van der Waals surface area contributed by atoms with Crippen molar-refractivity contribution in [2.75, 3.05) is 0 Å². The van der Waals surface area contributed by atoms with Crippen molar-refractivity contribution in [3.05, 3.63) is 33.8 Å². The molecule has 0 aromatic heterocycles. The molecule has 0 amide bonds. The molecular weight excluding hydrogens is 285 g/mol. The molecule has 0 fully saturated rings. The van der Waals surface area contributed by atoms with E-state index in [9.17, 15) is 18.0 Å². The van der Waals surface area contributed by atoms with Crippen molar-refractivity contribution in [3.8, 4) is 0 Å². The average molecular weight is 295 g/mol. The number of carbonyl (C=O) groups excluding carboxylic acids is 1. The highest BCUT2D eigenvalue weighted by Gasteiger charge is 2.28. The van der Waals surface area contributed by atoms with Gasteiger partial charge in [0, 0.05) is 16.5 Å². The molecule has 0 spiro atoms. The number of ketones is 1. The predicted octanol–water partition coefficient (Wildman–Crippen LogP) is 4.28. The third-order valence-corrected chi connectivity index (χ3v) is 2.63. The Hall–Kier alpha value is -0.840. The Morgan fingerprint density at radius 3 is 2.56 bits per heavy atom. The molecule has 5 heteroatoms. The van der Waals surface area contributed by atoms with Crippen LogP contribution >= 0.6 is 15.9 Å². The van der Waals surface area contributed by atoms with Crippen molar-refractivity contribution in [2.45, 2.75) is 25.9 Å². The smallest absolute Gasteiger partial charge is 0.294 e. The monoisotopic (exact) mass is 294 g/mol. The number of hydrogen-bond donors (Lipinski definition) is 0. The van der Waals surface area contributed by atoms with Crippen molar-refractivity contribution in [2.24, 2.45) is 0 Å². The molecule has 0 aliphatic carbocycles. The molecule has 1 nitrogen and oxygen atoms in total. The van der Waals surface area contributed by atoms with Crippen molar-refractivity contribution >= 4 is 21.7 Å². The van der Waals surface area contributed by atoms with E-state index in [0.29, 0.717) is 15.6 Å². The number of benzene rings is 1. The van der Waals surface area contributed by atoms with Crippen LogP contribution in [0.3, 0.4) is 0 Å². The number of aryl methyl sites for hydroxylation is 1. The molecule has 0 bridgehead atoms. The predicted molar refractivity (Wildman–Crippen MR) is 58.5 cm³/mol. The molecule has 0 saturated carbocycles. The first kappa shape index (κ1) is 13.2. The van der Waals surface area contributed by atoms with Crippen LogP contribution < -0.4 is 0 Å². The fraction of sp³-hybridized carbons (Fsp3) is 0.364. The minimum Gasteiger partial charge on any atom is -0.294 e. The quantitative estimate of drug-likeness (QED) is 0.761. The summed E-state index contributed by atoms with van der Waals surface area (Å²) in [5, 5.41) is 0. The molecule has 0 N–H and O–H groups in total. The molecule has 0 heterocycles. The normalized spacial score (nSPS) is 11.6. The Balaban J connectivity index is 2.77. The van der Waals surface area contributed by atoms with E-state index in [1.165, 1.54) is 0 Å². The molecule has 0 aliphatic rings. The van der Waals surface area contributed by atoms with Crippen molar-refractivity contribution in [1.29, 1.82) is 0 Å². The van der Waals surface area contributed by atoms with E-state index < -0.39 is 24.8 Å². The van der Waals surface area contributed by atoms with Gasteiger partial charge >= 0.3 is 6.18 Å². The summed E-state index contributed by atoms with van der Waals surface area (Å²) in [7, 11) is 0. The average Bonchev–Trinajstić information content (AvgIpc) is 2.17. The second kappa shape index (κ2) is 4.99. The lowest BCUT2D eigenvalue weighted by Gasteiger charge is -2.07. The summed E-state index contributed by atoms with van der Waals surface area (Å²) in [6.07, 6.45) is -5.85. The maximum absolute atomic E-state index is 12.0. The van der Waals surface area contributed by atoms with Crippen LogP contribution in [-0.2, 0) is 0 Å². The van der Waals surface area contributed by atoms with Crippen LogP contribution in [0, 0.1) is 6.92 Å². The van der Waals surface area contributed by atoms with Crippen LogP contribution in [0.1, 0.15) is 28.8 Å². The number of alkyl halides is 3. The summed E-state index contributed by atoms with van der Waals surface area (Å²) in [6, 6.07) is 4.99. The summed E-state index contributed by atoms with van der Waals surface area (Å²) in [4.78, 5) is 11.5. The Kier molecular flexibility index (Phi) is 4.13. The summed E-state index contributed by atoms with van der Waals surface area (Å²) in [6.45, 7) is 1.70. The SMILES string of the molecule is Cc1ccc(Br)cc1C(=O)CCC(F)(F)F. The highest BCUT2D eigenvalue weighted by molar-refractivity contribution is 9.10. The Morgan fingerprint density at radius 2 is 2.00 bits per heavy atom. The molecule has 0 saturated heterocycles. The molecule has 16 heavy (non-hydrogen) atoms. The minimum atomic E-state index is -4.28. The van der Waals surface area contributed by atoms with E-state index in [4.69, 9.17) is 0 Å². The largest absolute Gasteiger partial charge is 0.389 e. The van der Waals surface area contributed by atoms with E-state index in [0.717, 1.165) is 0 Å². The van der Waals surface area contributed by atoms with Crippen molar-refractivity contribution in [3.63, 3.8) is 0 Å². The third kappa shape index (κ3) is 3.96. The first-order valence-electron chi connectivity index (χ1n) is 4.66. The number of Topliss-reactive ketones (excluding diaryl/α,β-unsaturated/α-hetero) is 1. The second-order valence-corrected chi connectivity index (χ2v) is 4.41. The van der Waals surface area contributed by atoms with Crippen LogP contribution in [0.5, 0.6) is 0 Å². The van der Waals surface area contributed by atoms with Crippen LogP contribution in [0.15, 0.2) is 22.7 Å². The van der Waals surface area contributed by atoms with Gasteiger partial charge in [-0.05, 0) is 24.6 Å². The zero-order valence-corrected chi connectivity index (χ0v) is 10.2. The molecule has 0 aliphatic heterocycles. The summed E-state index contributed by atoms with van der Waals surface area (Å²) >= 11 is 3.18. The van der Waals surface area contributed by atoms with E-state index in [1.807, 2.05) is 0 Å². The van der Waals surface area contributed by atoms with Crippen LogP contribution in [-0.4, -0.2) is 12.0 Å². The van der Waals surface area contributed by atoms with Gasteiger partial charge in [-0.1, -0.05) is 22.0 Å². The number of rotatable bonds is 3. The maximum atomic E-state index is 12.0. The van der Waals surface area contributed by atoms with E-state index in [1.54, 1.807) is 25.1 Å². The van der Waals surface area contributed by atoms with Crippen LogP contribution in [0.2, 0.25) is 0 Å². The van der Waals surface area contributed by atoms with Crippen LogP contribution in [0.25, 0.3) is 0 Å². The van der Waals surface area contributed by atoms with E-state index in [2.05, 4.69) is 15.9 Å². The lowest BCUT2D eigenvalue weighted by Crippen LogP contribution is -2.11. The molecule has 88 valence electrons. The Labute approximate surface area is 99.8 Å². The van der Waals surface area contributed by atoms with Gasteiger partial charge in [-0.15, -0.1) is 0 Å². The molecule has 1 aromatic rings. The van der Waals surface area contributed by atoms with Crippen LogP contribution in [0.4, 0.5) is 13.2 Å². The zero-order valence-electron chi connectivity index (χ0n) is 8.57. The minimum absolute atomic E-state index is 0.346. The highest BCUT2D eigenvalue weighted by atomic mass is 79.9. The van der Waals surface area contributed by atoms with Gasteiger partial charge in [-0.2, -0.15) is 13.2 Å². The third-order valence-electron chi connectivity index (χ3n) is 2.14. The molecule has 0 radical (unpaired) electrons. The molecule has 0 atom stereocenters. The van der Waals surface area contributed by atoms with E-state index >= 15 is 0 Å². The van der Waals surface area contributed by atoms with Gasteiger partial charge in [0.15, 0.2) is 5.78 Å². The standard InChI is InChI=1S/C11H10BrF3O/c1-7-2-3-8(12)6-9(7)10(16)4-5-11(13,14)15/h2-3,6H,4-5H2,1H3. The second-order valence-electron chi connectivity index (χ2n) is 3.50. The molecular formula is C11H10BrF3O. The molecule has 1 rings (SSSR count). The fourth-order valence-corrected chi connectivity index (χ4v) is 1.65. The number of hydrogen-bond acceptors (Lipinski definition) is 1. The van der Waals surface area contributed by atoms with Crippen molar-refractivity contribution < 1.29 is 18.0 Å². The van der Waals surface area contributed by atoms with E-state index in [-0.39, 0.29) is 0 Å². The Bertz CT molecular complexity index is 399. The molecule has 1 aromatic carbocycles. The summed E-state index contributed by atoms with van der Waals surface area (Å²) < 4.78 is 36.5. The van der Waals surface area contributed by atoms with Gasteiger partial charge in [0.2, 0.25) is 0 Å². The Morgan fingerprint density at radius 1 is 1.38 bits per heavy atom. The van der Waals surface area contributed by atoms with Crippen molar-refractivity contribution in [1.82, 2.24) is 0 Å².